The second-order valence-electron chi connectivity index (χ2n) is 5.07. The normalized spacial score (nSPS) is 11.6. The van der Waals surface area contributed by atoms with Gasteiger partial charge in [-0.05, 0) is 37.8 Å². The van der Waals surface area contributed by atoms with Crippen molar-refractivity contribution < 1.29 is 9.22 Å². The summed E-state index contributed by atoms with van der Waals surface area (Å²) in [6.07, 6.45) is 3.59. The lowest BCUT2D eigenvalue weighted by molar-refractivity contribution is -0.116. The van der Waals surface area contributed by atoms with Gasteiger partial charge in [0.15, 0.2) is 0 Å². The minimum absolute atomic E-state index is 0.0267. The molecule has 0 unspecified atom stereocenters. The van der Waals surface area contributed by atoms with Crippen LogP contribution in [-0.2, 0) is 9.22 Å². The van der Waals surface area contributed by atoms with Crippen molar-refractivity contribution in [2.45, 2.75) is 26.6 Å². The molecular weight excluding hydrogens is 242 g/mol. The molecule has 18 heavy (non-hydrogen) atoms. The van der Waals surface area contributed by atoms with Gasteiger partial charge in [0, 0.05) is 19.2 Å². The molecule has 1 amide bonds. The molecule has 1 aromatic carbocycles. The van der Waals surface area contributed by atoms with Gasteiger partial charge >= 0.3 is 0 Å². The minimum atomic E-state index is -1.53. The first-order valence-electron chi connectivity index (χ1n) is 6.06. The molecule has 0 saturated heterocycles. The van der Waals surface area contributed by atoms with Crippen molar-refractivity contribution in [2.24, 2.45) is 0 Å². The Hall–Kier alpha value is -1.55. The number of nitrogens with zero attached hydrogens (tertiary/aromatic N) is 1. The summed E-state index contributed by atoms with van der Waals surface area (Å²) in [5.74, 6) is 0.0267. The predicted molar refractivity (Wildman–Crippen MR) is 78.0 cm³/mol. The lowest BCUT2D eigenvalue weighted by atomic mass is 10.3. The van der Waals surface area contributed by atoms with Gasteiger partial charge in [0.2, 0.25) is 14.2 Å². The minimum Gasteiger partial charge on any atom is -0.550 e. The molecule has 98 valence electrons. The molecule has 1 rings (SSSR count). The molecule has 0 aliphatic carbocycles. The lowest BCUT2D eigenvalue weighted by Gasteiger charge is -2.20. The first kappa shape index (κ1) is 14.5. The van der Waals surface area contributed by atoms with Gasteiger partial charge in [-0.3, -0.25) is 4.79 Å². The number of anilines is 1. The second kappa shape index (κ2) is 6.40. The summed E-state index contributed by atoms with van der Waals surface area (Å²) in [5.41, 5.74) is 0.905. The number of carbonyl (C=O) groups is 1. The summed E-state index contributed by atoms with van der Waals surface area (Å²) in [5, 5.41) is 0. The van der Waals surface area contributed by atoms with Crippen molar-refractivity contribution >= 4 is 19.9 Å². The van der Waals surface area contributed by atoms with Gasteiger partial charge in [-0.25, -0.2) is 0 Å². The Morgan fingerprint density at radius 3 is 2.39 bits per heavy atom. The van der Waals surface area contributed by atoms with Gasteiger partial charge in [0.25, 0.3) is 0 Å². The fraction of sp³-hybridized carbons (Fsp3) is 0.357. The van der Waals surface area contributed by atoms with Crippen LogP contribution in [0.25, 0.3) is 0 Å². The molecule has 0 fully saturated rings. The highest BCUT2D eigenvalue weighted by molar-refractivity contribution is 6.69. The Morgan fingerprint density at radius 2 is 1.89 bits per heavy atom. The largest absolute Gasteiger partial charge is 0.550 e. The molecule has 0 N–H and O–H groups in total. The Morgan fingerprint density at radius 1 is 1.28 bits per heavy atom. The zero-order chi connectivity index (χ0) is 13.6. The Kier molecular flexibility index (Phi) is 5.16. The molecule has 0 saturated carbocycles. The van der Waals surface area contributed by atoms with Gasteiger partial charge in [-0.2, -0.15) is 0 Å². The van der Waals surface area contributed by atoms with Crippen LogP contribution in [0.1, 0.15) is 6.92 Å². The summed E-state index contributed by atoms with van der Waals surface area (Å²) >= 11 is 0. The van der Waals surface area contributed by atoms with E-state index < -0.39 is 8.32 Å². The molecule has 3 nitrogen and oxygen atoms in total. The van der Waals surface area contributed by atoms with E-state index in [0.717, 1.165) is 5.69 Å². The molecule has 0 bridgehead atoms. The SMILES string of the molecule is CC(=O)N(C/C=C/O[Si](C)(C)C)c1ccccc1. The van der Waals surface area contributed by atoms with Gasteiger partial charge in [0.05, 0.1) is 6.26 Å². The third-order valence-electron chi connectivity index (χ3n) is 2.25. The van der Waals surface area contributed by atoms with Gasteiger partial charge < -0.3 is 9.33 Å². The van der Waals surface area contributed by atoms with Crippen molar-refractivity contribution in [1.82, 2.24) is 0 Å². The third kappa shape index (κ3) is 5.18. The van der Waals surface area contributed by atoms with Gasteiger partial charge in [-0.1, -0.05) is 18.2 Å². The molecule has 0 radical (unpaired) electrons. The van der Waals surface area contributed by atoms with E-state index >= 15 is 0 Å². The average Bonchev–Trinajstić information content (AvgIpc) is 2.28. The molecule has 0 aromatic heterocycles. The molecular formula is C14H21NO2Si. The van der Waals surface area contributed by atoms with Crippen LogP contribution in [0.2, 0.25) is 19.6 Å². The van der Waals surface area contributed by atoms with Crippen LogP contribution < -0.4 is 4.90 Å². The summed E-state index contributed by atoms with van der Waals surface area (Å²) < 4.78 is 5.62. The molecule has 0 aliphatic rings. The van der Waals surface area contributed by atoms with E-state index in [-0.39, 0.29) is 5.91 Å². The van der Waals surface area contributed by atoms with Gasteiger partial charge in [-0.15, -0.1) is 0 Å². The third-order valence-corrected chi connectivity index (χ3v) is 3.10. The van der Waals surface area contributed by atoms with Crippen molar-refractivity contribution in [1.29, 1.82) is 0 Å². The summed E-state index contributed by atoms with van der Waals surface area (Å²) in [6, 6.07) is 9.64. The van der Waals surface area contributed by atoms with Crippen molar-refractivity contribution in [2.75, 3.05) is 11.4 Å². The number of carbonyl (C=O) groups excluding carboxylic acids is 1. The first-order chi connectivity index (χ1) is 8.40. The number of hydrogen-bond donors (Lipinski definition) is 0. The number of amides is 1. The monoisotopic (exact) mass is 263 g/mol. The van der Waals surface area contributed by atoms with Crippen LogP contribution in [-0.4, -0.2) is 20.8 Å². The van der Waals surface area contributed by atoms with Crippen molar-refractivity contribution in [3.63, 3.8) is 0 Å². The van der Waals surface area contributed by atoms with Crippen LogP contribution in [0.15, 0.2) is 42.7 Å². The zero-order valence-electron chi connectivity index (χ0n) is 11.5. The van der Waals surface area contributed by atoms with Crippen LogP contribution in [0, 0.1) is 0 Å². The van der Waals surface area contributed by atoms with E-state index in [1.165, 1.54) is 0 Å². The van der Waals surface area contributed by atoms with E-state index in [1.54, 1.807) is 18.1 Å². The molecule has 0 heterocycles. The highest BCUT2D eigenvalue weighted by atomic mass is 28.4. The van der Waals surface area contributed by atoms with Crippen molar-refractivity contribution in [3.8, 4) is 0 Å². The molecule has 1 aromatic rings. The summed E-state index contributed by atoms with van der Waals surface area (Å²) in [7, 11) is -1.53. The Balaban J connectivity index is 2.63. The second-order valence-corrected chi connectivity index (χ2v) is 9.53. The van der Waals surface area contributed by atoms with Crippen LogP contribution in [0.4, 0.5) is 5.69 Å². The van der Waals surface area contributed by atoms with E-state index in [2.05, 4.69) is 19.6 Å². The van der Waals surface area contributed by atoms with E-state index in [4.69, 9.17) is 4.43 Å². The maximum Gasteiger partial charge on any atom is 0.241 e. The fourth-order valence-corrected chi connectivity index (χ4v) is 1.93. The molecule has 0 spiro atoms. The topological polar surface area (TPSA) is 29.5 Å². The van der Waals surface area contributed by atoms with E-state index in [0.29, 0.717) is 6.54 Å². The number of rotatable bonds is 5. The maximum atomic E-state index is 11.6. The van der Waals surface area contributed by atoms with Crippen molar-refractivity contribution in [3.05, 3.63) is 42.7 Å². The highest BCUT2D eigenvalue weighted by Gasteiger charge is 2.13. The maximum absolute atomic E-state index is 11.6. The van der Waals surface area contributed by atoms with Crippen LogP contribution in [0.5, 0.6) is 0 Å². The Labute approximate surface area is 110 Å². The number of benzene rings is 1. The summed E-state index contributed by atoms with van der Waals surface area (Å²) in [6.45, 7) is 8.47. The predicted octanol–water partition coefficient (Wildman–Crippen LogP) is 3.40. The lowest BCUT2D eigenvalue weighted by Crippen LogP contribution is -2.28. The molecule has 0 aliphatic heterocycles. The highest BCUT2D eigenvalue weighted by Crippen LogP contribution is 2.13. The Bertz CT molecular complexity index is 410. The standard InChI is InChI=1S/C14H21NO2Si/c1-13(16)15(14-9-6-5-7-10-14)11-8-12-17-18(2,3)4/h5-10,12H,11H2,1-4H3/b12-8+. The van der Waals surface area contributed by atoms with E-state index in [9.17, 15) is 4.79 Å². The molecule has 4 heteroatoms. The average molecular weight is 263 g/mol. The van der Waals surface area contributed by atoms with Crippen LogP contribution >= 0.6 is 0 Å². The fourth-order valence-electron chi connectivity index (χ4n) is 1.42. The zero-order valence-corrected chi connectivity index (χ0v) is 12.5. The van der Waals surface area contributed by atoms with E-state index in [1.807, 2.05) is 36.4 Å². The number of hydrogen-bond acceptors (Lipinski definition) is 2. The smallest absolute Gasteiger partial charge is 0.241 e. The number of para-hydroxylation sites is 1. The quantitative estimate of drug-likeness (QED) is 0.602. The van der Waals surface area contributed by atoms with Gasteiger partial charge in [0.1, 0.15) is 0 Å². The first-order valence-corrected chi connectivity index (χ1v) is 9.47. The summed E-state index contributed by atoms with van der Waals surface area (Å²) in [4.78, 5) is 13.3. The van der Waals surface area contributed by atoms with Crippen LogP contribution in [0.3, 0.4) is 0 Å². The molecule has 0 atom stereocenters.